The van der Waals surface area contributed by atoms with Gasteiger partial charge in [0, 0.05) is 17.9 Å². The topological polar surface area (TPSA) is 30.7 Å². The minimum absolute atomic E-state index is 0.156. The van der Waals surface area contributed by atoms with Crippen LogP contribution in [0.15, 0.2) is 65.8 Å². The van der Waals surface area contributed by atoms with Crippen molar-refractivity contribution in [1.82, 2.24) is 14.8 Å². The fourth-order valence-electron chi connectivity index (χ4n) is 2.88. The molecule has 0 radical (unpaired) electrons. The van der Waals surface area contributed by atoms with Crippen molar-refractivity contribution in [2.75, 3.05) is 5.75 Å². The SMILES string of the molecule is CCn1c(SCC=Cc2ccccc2)nnc1-c1ccc(C(C)(C)C)cc1. The minimum atomic E-state index is 0.156. The predicted molar refractivity (Wildman–Crippen MR) is 116 cm³/mol. The van der Waals surface area contributed by atoms with Gasteiger partial charge in [-0.05, 0) is 23.5 Å². The molecule has 0 aliphatic heterocycles. The van der Waals surface area contributed by atoms with E-state index in [-0.39, 0.29) is 5.41 Å². The Labute approximate surface area is 166 Å². The summed E-state index contributed by atoms with van der Waals surface area (Å²) in [4.78, 5) is 0. The molecular formula is C23H27N3S. The van der Waals surface area contributed by atoms with Crippen molar-refractivity contribution in [3.63, 3.8) is 0 Å². The van der Waals surface area contributed by atoms with Crippen LogP contribution in [0.4, 0.5) is 0 Å². The Balaban J connectivity index is 1.72. The van der Waals surface area contributed by atoms with Gasteiger partial charge < -0.3 is 4.57 Å². The molecule has 3 nitrogen and oxygen atoms in total. The van der Waals surface area contributed by atoms with Gasteiger partial charge in [-0.1, -0.05) is 99.3 Å². The molecule has 27 heavy (non-hydrogen) atoms. The molecule has 3 rings (SSSR count). The number of benzene rings is 2. The minimum Gasteiger partial charge on any atom is -0.302 e. The van der Waals surface area contributed by atoms with Crippen LogP contribution in [0.1, 0.15) is 38.8 Å². The third-order valence-corrected chi connectivity index (χ3v) is 5.38. The van der Waals surface area contributed by atoms with Crippen molar-refractivity contribution in [3.8, 4) is 11.4 Å². The predicted octanol–water partition coefficient (Wildman–Crippen LogP) is 6.07. The van der Waals surface area contributed by atoms with E-state index in [1.807, 2.05) is 6.07 Å². The Morgan fingerprint density at radius 3 is 2.30 bits per heavy atom. The molecule has 0 fully saturated rings. The Hall–Kier alpha value is -2.33. The van der Waals surface area contributed by atoms with E-state index in [1.165, 1.54) is 11.1 Å². The molecule has 0 unspecified atom stereocenters. The first-order valence-electron chi connectivity index (χ1n) is 9.37. The lowest BCUT2D eigenvalue weighted by atomic mass is 9.87. The summed E-state index contributed by atoms with van der Waals surface area (Å²) < 4.78 is 2.19. The van der Waals surface area contributed by atoms with Crippen molar-refractivity contribution in [3.05, 3.63) is 71.8 Å². The Morgan fingerprint density at radius 2 is 1.67 bits per heavy atom. The number of nitrogens with zero attached hydrogens (tertiary/aromatic N) is 3. The Kier molecular flexibility index (Phi) is 6.17. The monoisotopic (exact) mass is 377 g/mol. The van der Waals surface area contributed by atoms with Gasteiger partial charge in [-0.3, -0.25) is 0 Å². The lowest BCUT2D eigenvalue weighted by molar-refractivity contribution is 0.590. The molecule has 0 amide bonds. The maximum absolute atomic E-state index is 4.45. The summed E-state index contributed by atoms with van der Waals surface area (Å²) in [5, 5.41) is 9.84. The molecule has 3 aromatic rings. The molecule has 0 saturated carbocycles. The van der Waals surface area contributed by atoms with Gasteiger partial charge in [0.2, 0.25) is 0 Å². The molecule has 1 aromatic heterocycles. The van der Waals surface area contributed by atoms with E-state index >= 15 is 0 Å². The summed E-state index contributed by atoms with van der Waals surface area (Å²) in [6, 6.07) is 19.0. The van der Waals surface area contributed by atoms with Crippen LogP contribution in [-0.2, 0) is 12.0 Å². The van der Waals surface area contributed by atoms with Crippen LogP contribution in [0.5, 0.6) is 0 Å². The van der Waals surface area contributed by atoms with Crippen molar-refractivity contribution >= 4 is 17.8 Å². The third kappa shape index (κ3) is 4.89. The number of hydrogen-bond donors (Lipinski definition) is 0. The average molecular weight is 378 g/mol. The molecule has 0 aliphatic carbocycles. The molecule has 2 aromatic carbocycles. The highest BCUT2D eigenvalue weighted by atomic mass is 32.2. The highest BCUT2D eigenvalue weighted by Crippen LogP contribution is 2.27. The lowest BCUT2D eigenvalue weighted by Crippen LogP contribution is -2.10. The van der Waals surface area contributed by atoms with Crippen LogP contribution in [-0.4, -0.2) is 20.5 Å². The summed E-state index contributed by atoms with van der Waals surface area (Å²) in [6.45, 7) is 9.69. The lowest BCUT2D eigenvalue weighted by Gasteiger charge is -2.19. The highest BCUT2D eigenvalue weighted by Gasteiger charge is 2.16. The third-order valence-electron chi connectivity index (χ3n) is 4.46. The first-order valence-corrected chi connectivity index (χ1v) is 10.4. The maximum atomic E-state index is 4.45. The summed E-state index contributed by atoms with van der Waals surface area (Å²) in [5.41, 5.74) is 3.82. The van der Waals surface area contributed by atoms with Crippen LogP contribution in [0.2, 0.25) is 0 Å². The van der Waals surface area contributed by atoms with E-state index in [0.29, 0.717) is 0 Å². The van der Waals surface area contributed by atoms with Gasteiger partial charge in [-0.2, -0.15) is 0 Å². The van der Waals surface area contributed by atoms with E-state index in [2.05, 4.69) is 103 Å². The second kappa shape index (κ2) is 8.57. The average Bonchev–Trinajstić information content (AvgIpc) is 3.08. The van der Waals surface area contributed by atoms with Crippen molar-refractivity contribution < 1.29 is 0 Å². The molecule has 0 aliphatic rings. The van der Waals surface area contributed by atoms with Gasteiger partial charge >= 0.3 is 0 Å². The van der Waals surface area contributed by atoms with E-state index in [1.54, 1.807) is 11.8 Å². The van der Waals surface area contributed by atoms with Crippen molar-refractivity contribution in [2.45, 2.75) is 44.8 Å². The van der Waals surface area contributed by atoms with E-state index in [9.17, 15) is 0 Å². The second-order valence-electron chi connectivity index (χ2n) is 7.50. The van der Waals surface area contributed by atoms with Gasteiger partial charge in [0.05, 0.1) is 0 Å². The highest BCUT2D eigenvalue weighted by molar-refractivity contribution is 7.99. The van der Waals surface area contributed by atoms with Gasteiger partial charge in [0.15, 0.2) is 11.0 Å². The number of thioether (sulfide) groups is 1. The quantitative estimate of drug-likeness (QED) is 0.489. The van der Waals surface area contributed by atoms with E-state index in [4.69, 9.17) is 0 Å². The molecule has 1 heterocycles. The first kappa shape index (κ1) is 19.4. The fourth-order valence-corrected chi connectivity index (χ4v) is 3.70. The van der Waals surface area contributed by atoms with Gasteiger partial charge in [-0.25, -0.2) is 0 Å². The van der Waals surface area contributed by atoms with Crippen LogP contribution >= 0.6 is 11.8 Å². The zero-order valence-corrected chi connectivity index (χ0v) is 17.3. The van der Waals surface area contributed by atoms with Crippen molar-refractivity contribution in [2.24, 2.45) is 0 Å². The molecule has 140 valence electrons. The van der Waals surface area contributed by atoms with Crippen LogP contribution in [0.25, 0.3) is 17.5 Å². The molecule has 0 bridgehead atoms. The molecule has 0 N–H and O–H groups in total. The van der Waals surface area contributed by atoms with Crippen LogP contribution in [0.3, 0.4) is 0 Å². The zero-order valence-electron chi connectivity index (χ0n) is 16.5. The Bertz CT molecular complexity index is 888. The smallest absolute Gasteiger partial charge is 0.191 e. The summed E-state index contributed by atoms with van der Waals surface area (Å²) >= 11 is 1.72. The molecule has 0 saturated heterocycles. The van der Waals surface area contributed by atoms with Crippen LogP contribution in [0, 0.1) is 0 Å². The van der Waals surface area contributed by atoms with Crippen LogP contribution < -0.4 is 0 Å². The van der Waals surface area contributed by atoms with Gasteiger partial charge in [0.1, 0.15) is 0 Å². The molecule has 4 heteroatoms. The molecular weight excluding hydrogens is 350 g/mol. The zero-order chi connectivity index (χ0) is 19.3. The molecule has 0 spiro atoms. The second-order valence-corrected chi connectivity index (χ2v) is 8.49. The summed E-state index contributed by atoms with van der Waals surface area (Å²) in [6.07, 6.45) is 4.32. The summed E-state index contributed by atoms with van der Waals surface area (Å²) in [5.74, 6) is 1.81. The largest absolute Gasteiger partial charge is 0.302 e. The van der Waals surface area contributed by atoms with Crippen molar-refractivity contribution in [1.29, 1.82) is 0 Å². The standard InChI is InChI=1S/C23H27N3S/c1-5-26-21(19-13-15-20(16-14-19)23(2,3)4)24-25-22(26)27-17-9-12-18-10-7-6-8-11-18/h6-16H,5,17H2,1-4H3. The number of rotatable bonds is 6. The fraction of sp³-hybridized carbons (Fsp3) is 0.304. The van der Waals surface area contributed by atoms with Gasteiger partial charge in [0.25, 0.3) is 0 Å². The number of hydrogen-bond acceptors (Lipinski definition) is 3. The van der Waals surface area contributed by atoms with E-state index < -0.39 is 0 Å². The normalized spacial score (nSPS) is 12.0. The van der Waals surface area contributed by atoms with Gasteiger partial charge in [-0.15, -0.1) is 10.2 Å². The maximum Gasteiger partial charge on any atom is 0.191 e. The molecule has 0 atom stereocenters. The number of aromatic nitrogens is 3. The summed E-state index contributed by atoms with van der Waals surface area (Å²) in [7, 11) is 0. The van der Waals surface area contributed by atoms with E-state index in [0.717, 1.165) is 28.8 Å². The Morgan fingerprint density at radius 1 is 0.963 bits per heavy atom. The first-order chi connectivity index (χ1) is 13.0.